The van der Waals surface area contributed by atoms with E-state index in [0.29, 0.717) is 12.2 Å². The van der Waals surface area contributed by atoms with Crippen LogP contribution in [0.5, 0.6) is 0 Å². The van der Waals surface area contributed by atoms with E-state index >= 15 is 0 Å². The summed E-state index contributed by atoms with van der Waals surface area (Å²) >= 11 is 0. The molecule has 1 heterocycles. The number of rotatable bonds is 3. The SMILES string of the molecule is CC(N)c1n[nH]c(Cc2ccc(F)cc2)n1. The lowest BCUT2D eigenvalue weighted by atomic mass is 10.1. The molecular formula is C11H13FN4. The molecule has 2 aromatic rings. The minimum Gasteiger partial charge on any atom is -0.321 e. The highest BCUT2D eigenvalue weighted by Crippen LogP contribution is 2.09. The van der Waals surface area contributed by atoms with Gasteiger partial charge in [0.05, 0.1) is 6.04 Å². The van der Waals surface area contributed by atoms with Crippen LogP contribution in [0.25, 0.3) is 0 Å². The smallest absolute Gasteiger partial charge is 0.167 e. The van der Waals surface area contributed by atoms with Crippen molar-refractivity contribution in [2.75, 3.05) is 0 Å². The molecule has 0 saturated carbocycles. The summed E-state index contributed by atoms with van der Waals surface area (Å²) in [4.78, 5) is 4.24. The van der Waals surface area contributed by atoms with Gasteiger partial charge >= 0.3 is 0 Å². The Hall–Kier alpha value is -1.75. The number of H-pyrrole nitrogens is 1. The van der Waals surface area contributed by atoms with Crippen molar-refractivity contribution in [2.24, 2.45) is 5.73 Å². The summed E-state index contributed by atoms with van der Waals surface area (Å²) in [5.74, 6) is 1.09. The molecule has 0 amide bonds. The Bertz CT molecular complexity index is 461. The fraction of sp³-hybridized carbons (Fsp3) is 0.273. The van der Waals surface area contributed by atoms with Crippen molar-refractivity contribution in [3.8, 4) is 0 Å². The van der Waals surface area contributed by atoms with E-state index in [1.165, 1.54) is 12.1 Å². The Morgan fingerprint density at radius 3 is 2.62 bits per heavy atom. The zero-order chi connectivity index (χ0) is 11.5. The molecule has 1 aromatic carbocycles. The topological polar surface area (TPSA) is 67.6 Å². The molecule has 16 heavy (non-hydrogen) atoms. The number of benzene rings is 1. The first-order valence-corrected chi connectivity index (χ1v) is 5.06. The molecule has 0 bridgehead atoms. The predicted molar refractivity (Wildman–Crippen MR) is 58.2 cm³/mol. The summed E-state index contributed by atoms with van der Waals surface area (Å²) < 4.78 is 12.7. The van der Waals surface area contributed by atoms with E-state index in [1.54, 1.807) is 12.1 Å². The first-order valence-electron chi connectivity index (χ1n) is 5.06. The molecule has 3 N–H and O–H groups in total. The quantitative estimate of drug-likeness (QED) is 0.824. The first kappa shape index (κ1) is 10.8. The Morgan fingerprint density at radius 1 is 1.38 bits per heavy atom. The normalized spacial score (nSPS) is 12.7. The third-order valence-corrected chi connectivity index (χ3v) is 2.24. The van der Waals surface area contributed by atoms with Gasteiger partial charge in [0.15, 0.2) is 5.82 Å². The van der Waals surface area contributed by atoms with Gasteiger partial charge in [0.1, 0.15) is 11.6 Å². The molecule has 2 rings (SSSR count). The molecular weight excluding hydrogens is 207 g/mol. The molecule has 0 saturated heterocycles. The Kier molecular flexibility index (Phi) is 2.96. The Morgan fingerprint density at radius 2 is 2.06 bits per heavy atom. The van der Waals surface area contributed by atoms with Crippen molar-refractivity contribution < 1.29 is 4.39 Å². The van der Waals surface area contributed by atoms with Crippen molar-refractivity contribution in [2.45, 2.75) is 19.4 Å². The van der Waals surface area contributed by atoms with Gasteiger partial charge < -0.3 is 5.73 Å². The average molecular weight is 220 g/mol. The standard InChI is InChI=1S/C11H13FN4/c1-7(13)11-14-10(15-16-11)6-8-2-4-9(12)5-3-8/h2-5,7H,6,13H2,1H3,(H,14,15,16). The molecule has 0 radical (unpaired) electrons. The van der Waals surface area contributed by atoms with Gasteiger partial charge in [-0.1, -0.05) is 12.1 Å². The third kappa shape index (κ3) is 2.43. The van der Waals surface area contributed by atoms with Gasteiger partial charge in [-0.05, 0) is 24.6 Å². The molecule has 0 fully saturated rings. The van der Waals surface area contributed by atoms with E-state index in [2.05, 4.69) is 15.2 Å². The van der Waals surface area contributed by atoms with Gasteiger partial charge in [0, 0.05) is 6.42 Å². The highest BCUT2D eigenvalue weighted by Gasteiger charge is 2.07. The average Bonchev–Trinajstić information content (AvgIpc) is 2.70. The van der Waals surface area contributed by atoms with Crippen molar-refractivity contribution >= 4 is 0 Å². The number of aromatic nitrogens is 3. The molecule has 0 aliphatic carbocycles. The molecule has 4 nitrogen and oxygen atoms in total. The van der Waals surface area contributed by atoms with E-state index in [1.807, 2.05) is 6.92 Å². The second-order valence-electron chi connectivity index (χ2n) is 3.73. The molecule has 0 aliphatic rings. The zero-order valence-electron chi connectivity index (χ0n) is 8.94. The number of aromatic amines is 1. The fourth-order valence-electron chi connectivity index (χ4n) is 1.39. The number of nitrogens with one attached hydrogen (secondary N) is 1. The van der Waals surface area contributed by atoms with Gasteiger partial charge in [-0.15, -0.1) is 0 Å². The minimum atomic E-state index is -0.238. The van der Waals surface area contributed by atoms with Gasteiger partial charge in [0.2, 0.25) is 0 Å². The summed E-state index contributed by atoms with van der Waals surface area (Å²) in [7, 11) is 0. The van der Waals surface area contributed by atoms with E-state index in [9.17, 15) is 4.39 Å². The number of hydrogen-bond donors (Lipinski definition) is 2. The summed E-state index contributed by atoms with van der Waals surface area (Å²) in [6.45, 7) is 1.82. The third-order valence-electron chi connectivity index (χ3n) is 2.24. The number of halogens is 1. The number of hydrogen-bond acceptors (Lipinski definition) is 3. The van der Waals surface area contributed by atoms with Gasteiger partial charge in [0.25, 0.3) is 0 Å². The maximum absolute atomic E-state index is 12.7. The van der Waals surface area contributed by atoms with Gasteiger partial charge in [-0.25, -0.2) is 9.37 Å². The van der Waals surface area contributed by atoms with Crippen LogP contribution < -0.4 is 5.73 Å². The van der Waals surface area contributed by atoms with Crippen molar-refractivity contribution in [1.29, 1.82) is 0 Å². The van der Waals surface area contributed by atoms with E-state index in [-0.39, 0.29) is 11.9 Å². The Balaban J connectivity index is 2.11. The number of nitrogens with zero attached hydrogens (tertiary/aromatic N) is 2. The maximum atomic E-state index is 12.7. The van der Waals surface area contributed by atoms with Crippen LogP contribution in [0.1, 0.15) is 30.2 Å². The fourth-order valence-corrected chi connectivity index (χ4v) is 1.39. The van der Waals surface area contributed by atoms with Crippen LogP contribution in [0.2, 0.25) is 0 Å². The molecule has 1 aromatic heterocycles. The van der Waals surface area contributed by atoms with E-state index in [0.717, 1.165) is 11.4 Å². The molecule has 5 heteroatoms. The summed E-state index contributed by atoms with van der Waals surface area (Å²) in [5, 5.41) is 6.81. The predicted octanol–water partition coefficient (Wildman–Crippen LogP) is 1.55. The lowest BCUT2D eigenvalue weighted by Crippen LogP contribution is -2.06. The van der Waals surface area contributed by atoms with Crippen LogP contribution in [0, 0.1) is 5.82 Å². The summed E-state index contributed by atoms with van der Waals surface area (Å²) in [6.07, 6.45) is 0.597. The lowest BCUT2D eigenvalue weighted by Gasteiger charge is -1.97. The van der Waals surface area contributed by atoms with Crippen molar-refractivity contribution in [1.82, 2.24) is 15.2 Å². The summed E-state index contributed by atoms with van der Waals surface area (Å²) in [6, 6.07) is 6.13. The second kappa shape index (κ2) is 4.40. The largest absolute Gasteiger partial charge is 0.321 e. The zero-order valence-corrected chi connectivity index (χ0v) is 8.94. The maximum Gasteiger partial charge on any atom is 0.167 e. The summed E-state index contributed by atoms with van der Waals surface area (Å²) in [5.41, 5.74) is 6.63. The van der Waals surface area contributed by atoms with Crippen LogP contribution in [0.3, 0.4) is 0 Å². The van der Waals surface area contributed by atoms with E-state index in [4.69, 9.17) is 5.73 Å². The molecule has 84 valence electrons. The van der Waals surface area contributed by atoms with Crippen LogP contribution in [0.15, 0.2) is 24.3 Å². The molecule has 1 atom stereocenters. The molecule has 0 spiro atoms. The van der Waals surface area contributed by atoms with Crippen molar-refractivity contribution in [3.63, 3.8) is 0 Å². The number of nitrogens with two attached hydrogens (primary N) is 1. The van der Waals surface area contributed by atoms with Gasteiger partial charge in [-0.3, -0.25) is 5.10 Å². The van der Waals surface area contributed by atoms with Crippen LogP contribution in [-0.2, 0) is 6.42 Å². The highest BCUT2D eigenvalue weighted by atomic mass is 19.1. The van der Waals surface area contributed by atoms with E-state index < -0.39 is 0 Å². The lowest BCUT2D eigenvalue weighted by molar-refractivity contribution is 0.627. The molecule has 1 unspecified atom stereocenters. The first-order chi connectivity index (χ1) is 7.65. The second-order valence-corrected chi connectivity index (χ2v) is 3.73. The monoisotopic (exact) mass is 220 g/mol. The van der Waals surface area contributed by atoms with Crippen molar-refractivity contribution in [3.05, 3.63) is 47.3 Å². The van der Waals surface area contributed by atoms with Gasteiger partial charge in [-0.2, -0.15) is 5.10 Å². The van der Waals surface area contributed by atoms with Crippen LogP contribution in [-0.4, -0.2) is 15.2 Å². The highest BCUT2D eigenvalue weighted by molar-refractivity contribution is 5.19. The van der Waals surface area contributed by atoms with Crippen LogP contribution >= 0.6 is 0 Å². The molecule has 0 aliphatic heterocycles. The Labute approximate surface area is 92.7 Å². The van der Waals surface area contributed by atoms with Crippen LogP contribution in [0.4, 0.5) is 4.39 Å². The minimum absolute atomic E-state index is 0.182.